The zero-order valence-corrected chi connectivity index (χ0v) is 15.4. The minimum atomic E-state index is -3.48. The van der Waals surface area contributed by atoms with Gasteiger partial charge in [0, 0.05) is 31.0 Å². The van der Waals surface area contributed by atoms with Crippen molar-refractivity contribution >= 4 is 32.4 Å². The third kappa shape index (κ3) is 3.26. The van der Waals surface area contributed by atoms with Crippen LogP contribution in [0.15, 0.2) is 70.5 Å². The van der Waals surface area contributed by atoms with E-state index >= 15 is 0 Å². The van der Waals surface area contributed by atoms with Crippen LogP contribution in [-0.4, -0.2) is 29.5 Å². The zero-order valence-electron chi connectivity index (χ0n) is 13.7. The number of nitrogens with zero attached hydrogens (tertiary/aromatic N) is 3. The van der Waals surface area contributed by atoms with Gasteiger partial charge in [0.1, 0.15) is 10.0 Å². The maximum absolute atomic E-state index is 12.3. The minimum absolute atomic E-state index is 0.276. The molecule has 0 unspecified atom stereocenters. The summed E-state index contributed by atoms with van der Waals surface area (Å²) in [5, 5.41) is 1.75. The van der Waals surface area contributed by atoms with Crippen LogP contribution in [0.2, 0.25) is 0 Å². The van der Waals surface area contributed by atoms with Gasteiger partial charge in [-0.1, -0.05) is 18.2 Å². The summed E-state index contributed by atoms with van der Waals surface area (Å²) in [4.78, 5) is 8.76. The number of fused-ring (bicyclic) bond motifs is 1. The molecule has 0 spiro atoms. The number of pyridine rings is 1. The lowest BCUT2D eigenvalue weighted by atomic mass is 10.2. The van der Waals surface area contributed by atoms with E-state index < -0.39 is 10.0 Å². The van der Waals surface area contributed by atoms with Crippen LogP contribution >= 0.6 is 11.3 Å². The van der Waals surface area contributed by atoms with Crippen molar-refractivity contribution in [2.24, 2.45) is 0 Å². The summed E-state index contributed by atoms with van der Waals surface area (Å²) in [5.41, 5.74) is 2.78. The molecule has 0 aliphatic carbocycles. The number of hydrogen-bond donors (Lipinski definition) is 1. The molecule has 132 valence electrons. The van der Waals surface area contributed by atoms with Crippen LogP contribution in [0.25, 0.3) is 22.4 Å². The smallest absolute Gasteiger partial charge is 0.250 e. The van der Waals surface area contributed by atoms with E-state index in [2.05, 4.69) is 9.71 Å². The largest absolute Gasteiger partial charge is 0.323 e. The van der Waals surface area contributed by atoms with Crippen LogP contribution in [0.1, 0.15) is 0 Å². The van der Waals surface area contributed by atoms with Crippen molar-refractivity contribution < 1.29 is 8.42 Å². The van der Waals surface area contributed by atoms with Crippen LogP contribution in [0.3, 0.4) is 0 Å². The Labute approximate surface area is 155 Å². The fraction of sp³-hybridized carbons (Fsp3) is 0.111. The first-order chi connectivity index (χ1) is 12.6. The standard InChI is InChI=1S/C18H16N4O2S2/c23-26(24,17-6-3-13-25-17)20-11-12-22-16-5-2-1-4-15(16)21-18(22)14-7-9-19-10-8-14/h1-10,13,20H,11-12H2. The number of nitrogens with one attached hydrogen (secondary N) is 1. The maximum Gasteiger partial charge on any atom is 0.250 e. The molecule has 0 radical (unpaired) electrons. The number of para-hydroxylation sites is 2. The Kier molecular flexibility index (Phi) is 4.54. The molecule has 3 aromatic heterocycles. The number of imidazole rings is 1. The Balaban J connectivity index is 1.64. The second kappa shape index (κ2) is 6.99. The van der Waals surface area contributed by atoms with Gasteiger partial charge in [-0.15, -0.1) is 11.3 Å². The van der Waals surface area contributed by atoms with Crippen molar-refractivity contribution in [3.8, 4) is 11.4 Å². The van der Waals surface area contributed by atoms with Crippen LogP contribution < -0.4 is 4.72 Å². The molecule has 0 atom stereocenters. The van der Waals surface area contributed by atoms with Crippen molar-refractivity contribution in [3.63, 3.8) is 0 Å². The fourth-order valence-corrected chi connectivity index (χ4v) is 4.86. The molecule has 0 aliphatic heterocycles. The van der Waals surface area contributed by atoms with E-state index in [1.54, 1.807) is 29.9 Å². The topological polar surface area (TPSA) is 76.9 Å². The van der Waals surface area contributed by atoms with Gasteiger partial charge < -0.3 is 4.57 Å². The van der Waals surface area contributed by atoms with Gasteiger partial charge in [0.25, 0.3) is 0 Å². The Morgan fingerprint density at radius 2 is 1.85 bits per heavy atom. The minimum Gasteiger partial charge on any atom is -0.323 e. The number of hydrogen-bond acceptors (Lipinski definition) is 5. The van der Waals surface area contributed by atoms with Gasteiger partial charge in [-0.2, -0.15) is 0 Å². The molecule has 4 aromatic rings. The molecule has 4 rings (SSSR count). The van der Waals surface area contributed by atoms with Gasteiger partial charge in [0.15, 0.2) is 0 Å². The highest BCUT2D eigenvalue weighted by molar-refractivity contribution is 7.91. The van der Waals surface area contributed by atoms with E-state index in [0.717, 1.165) is 22.4 Å². The summed E-state index contributed by atoms with van der Waals surface area (Å²) in [6.45, 7) is 0.751. The molecule has 0 aliphatic rings. The van der Waals surface area contributed by atoms with Crippen LogP contribution in [0.4, 0.5) is 0 Å². The molecule has 26 heavy (non-hydrogen) atoms. The van der Waals surface area contributed by atoms with Crippen LogP contribution in [0.5, 0.6) is 0 Å². The van der Waals surface area contributed by atoms with Gasteiger partial charge in [-0.25, -0.2) is 18.1 Å². The Morgan fingerprint density at radius 1 is 1.04 bits per heavy atom. The van der Waals surface area contributed by atoms with Gasteiger partial charge in [0.05, 0.1) is 11.0 Å². The normalized spacial score (nSPS) is 11.8. The first-order valence-electron chi connectivity index (χ1n) is 8.04. The SMILES string of the molecule is O=S(=O)(NCCn1c(-c2ccncc2)nc2ccccc21)c1cccs1. The fourth-order valence-electron chi connectivity index (χ4n) is 2.80. The lowest BCUT2D eigenvalue weighted by molar-refractivity contribution is 0.577. The quantitative estimate of drug-likeness (QED) is 0.554. The number of aromatic nitrogens is 3. The van der Waals surface area contributed by atoms with Gasteiger partial charge >= 0.3 is 0 Å². The molecule has 8 heteroatoms. The molecule has 0 saturated carbocycles. The van der Waals surface area contributed by atoms with E-state index in [9.17, 15) is 8.42 Å². The van der Waals surface area contributed by atoms with E-state index in [1.165, 1.54) is 11.3 Å². The maximum atomic E-state index is 12.3. The number of sulfonamides is 1. The summed E-state index contributed by atoms with van der Waals surface area (Å²) in [5.74, 6) is 0.795. The average Bonchev–Trinajstić information content (AvgIpc) is 3.31. The highest BCUT2D eigenvalue weighted by atomic mass is 32.2. The molecule has 1 aromatic carbocycles. The van der Waals surface area contributed by atoms with Crippen LogP contribution in [0, 0.1) is 0 Å². The number of thiophene rings is 1. The van der Waals surface area contributed by atoms with Crippen molar-refractivity contribution in [1.29, 1.82) is 0 Å². The van der Waals surface area contributed by atoms with Gasteiger partial charge in [-0.05, 0) is 35.7 Å². The van der Waals surface area contributed by atoms with Gasteiger partial charge in [-0.3, -0.25) is 4.98 Å². The summed E-state index contributed by atoms with van der Waals surface area (Å²) in [7, 11) is -3.48. The Bertz CT molecular complexity index is 1120. The molecule has 6 nitrogen and oxygen atoms in total. The Hall–Kier alpha value is -2.55. The van der Waals surface area contributed by atoms with Crippen molar-refractivity contribution in [1.82, 2.24) is 19.3 Å². The highest BCUT2D eigenvalue weighted by Crippen LogP contribution is 2.24. The van der Waals surface area contributed by atoms with Crippen LogP contribution in [-0.2, 0) is 16.6 Å². The molecule has 1 N–H and O–H groups in total. The lowest BCUT2D eigenvalue weighted by Crippen LogP contribution is -2.27. The van der Waals surface area contributed by atoms with Crippen molar-refractivity contribution in [3.05, 3.63) is 66.3 Å². The highest BCUT2D eigenvalue weighted by Gasteiger charge is 2.16. The average molecular weight is 384 g/mol. The molecule has 0 bridgehead atoms. The number of benzene rings is 1. The number of rotatable bonds is 6. The zero-order chi connectivity index (χ0) is 18.0. The van der Waals surface area contributed by atoms with Gasteiger partial charge in [0.2, 0.25) is 10.0 Å². The van der Waals surface area contributed by atoms with E-state index in [4.69, 9.17) is 4.98 Å². The molecule has 0 fully saturated rings. The third-order valence-electron chi connectivity index (χ3n) is 3.98. The lowest BCUT2D eigenvalue weighted by Gasteiger charge is -2.10. The first kappa shape index (κ1) is 16.9. The third-order valence-corrected chi connectivity index (χ3v) is 6.84. The molecule has 3 heterocycles. The van der Waals surface area contributed by atoms with E-state index in [-0.39, 0.29) is 6.54 Å². The van der Waals surface area contributed by atoms with E-state index in [0.29, 0.717) is 10.8 Å². The summed E-state index contributed by atoms with van der Waals surface area (Å²) in [6, 6.07) is 14.9. The molecule has 0 saturated heterocycles. The molecule has 0 amide bonds. The second-order valence-corrected chi connectivity index (χ2v) is 8.58. The Morgan fingerprint density at radius 3 is 2.62 bits per heavy atom. The predicted octanol–water partition coefficient (Wildman–Crippen LogP) is 3.14. The monoisotopic (exact) mass is 384 g/mol. The van der Waals surface area contributed by atoms with E-state index in [1.807, 2.05) is 41.0 Å². The van der Waals surface area contributed by atoms with Crippen molar-refractivity contribution in [2.45, 2.75) is 10.8 Å². The summed E-state index contributed by atoms with van der Waals surface area (Å²) < 4.78 is 29.6. The molecular weight excluding hydrogens is 368 g/mol. The summed E-state index contributed by atoms with van der Waals surface area (Å²) in [6.07, 6.45) is 3.44. The van der Waals surface area contributed by atoms with Crippen molar-refractivity contribution in [2.75, 3.05) is 6.54 Å². The predicted molar refractivity (Wildman–Crippen MR) is 102 cm³/mol. The summed E-state index contributed by atoms with van der Waals surface area (Å²) >= 11 is 1.20. The first-order valence-corrected chi connectivity index (χ1v) is 10.4. The second-order valence-electron chi connectivity index (χ2n) is 5.64. The molecular formula is C18H16N4O2S2.